The Morgan fingerprint density at radius 1 is 0.607 bits per heavy atom. The predicted octanol–water partition coefficient (Wildman–Crippen LogP) is 18.0. The average Bonchev–Trinajstić information content (AvgIpc) is 2.07. The molecule has 0 amide bonds. The van der Waals surface area contributed by atoms with E-state index >= 15 is 0 Å². The van der Waals surface area contributed by atoms with Crippen molar-refractivity contribution in [3.63, 3.8) is 0 Å². The van der Waals surface area contributed by atoms with E-state index in [1.165, 1.54) is 11.1 Å². The van der Waals surface area contributed by atoms with Gasteiger partial charge in [0.05, 0.1) is 37.9 Å². The number of hydrogen-bond donors (Lipinski definition) is 3. The molecular weight excluding hydrogens is 1240 g/mol. The number of nitrogens with zero attached hydrogens (tertiary/aromatic N) is 7. The van der Waals surface area contributed by atoms with Crippen molar-refractivity contribution in [2.45, 2.75) is 200 Å². The third-order valence-electron chi connectivity index (χ3n) is 17.3. The average molecular weight is 1330 g/mol. The molecular formula is C67H89BrN10O8SSi2. The smallest absolute Gasteiger partial charge is 0.276 e. The van der Waals surface area contributed by atoms with Crippen molar-refractivity contribution < 1.29 is 27.1 Å². The largest absolute Gasteiger partial charge is 0.414 e. The highest BCUT2D eigenvalue weighted by Crippen LogP contribution is 2.42. The van der Waals surface area contributed by atoms with Gasteiger partial charge in [-0.1, -0.05) is 99.4 Å². The fraction of sp³-hybridized carbons (Fsp3) is 0.448. The summed E-state index contributed by atoms with van der Waals surface area (Å²) in [5, 5.41) is 35.8. The van der Waals surface area contributed by atoms with Gasteiger partial charge in [-0.25, -0.2) is 24.8 Å². The monoisotopic (exact) mass is 1330 g/mol. The Kier molecular flexibility index (Phi) is 22.3. The lowest BCUT2D eigenvalue weighted by Gasteiger charge is -2.40. The van der Waals surface area contributed by atoms with E-state index in [1.54, 1.807) is 48.5 Å². The molecule has 2 aliphatic carbocycles. The van der Waals surface area contributed by atoms with E-state index in [0.29, 0.717) is 17.5 Å². The number of hydrazone groups is 1. The summed E-state index contributed by atoms with van der Waals surface area (Å²) in [4.78, 5) is 42.7. The minimum atomic E-state index is -3.60. The minimum absolute atomic E-state index is 0.0927. The molecule has 1 saturated carbocycles. The number of aromatic nitrogens is 4. The molecule has 1 fully saturated rings. The lowest BCUT2D eigenvalue weighted by molar-refractivity contribution is -0.385. The Morgan fingerprint density at radius 2 is 1.07 bits per heavy atom. The number of benzene rings is 5. The van der Waals surface area contributed by atoms with Gasteiger partial charge in [-0.05, 0) is 206 Å². The zero-order chi connectivity index (χ0) is 65.6. The van der Waals surface area contributed by atoms with Crippen LogP contribution in [0.1, 0.15) is 157 Å². The van der Waals surface area contributed by atoms with Crippen LogP contribution in [0, 0.1) is 54.8 Å². The van der Waals surface area contributed by atoms with Crippen molar-refractivity contribution in [2.24, 2.45) is 5.10 Å². The summed E-state index contributed by atoms with van der Waals surface area (Å²) in [6.07, 6.45) is 9.14. The molecule has 3 N–H and O–H groups in total. The summed E-state index contributed by atoms with van der Waals surface area (Å²) in [5.74, 6) is 2.79. The van der Waals surface area contributed by atoms with E-state index in [0.717, 1.165) is 111 Å². The number of halogens is 1. The maximum absolute atomic E-state index is 12.3. The highest BCUT2D eigenvalue weighted by molar-refractivity contribution is 9.10. The van der Waals surface area contributed by atoms with Crippen LogP contribution in [0.5, 0.6) is 0 Å². The van der Waals surface area contributed by atoms with Crippen molar-refractivity contribution in [3.8, 4) is 0 Å². The Hall–Kier alpha value is -6.83. The molecule has 2 heterocycles. The molecule has 7 aromatic rings. The van der Waals surface area contributed by atoms with Crippen LogP contribution in [-0.2, 0) is 18.9 Å². The molecule has 0 spiro atoms. The molecule has 476 valence electrons. The van der Waals surface area contributed by atoms with Gasteiger partial charge in [0.25, 0.3) is 21.4 Å². The summed E-state index contributed by atoms with van der Waals surface area (Å²) in [5.41, 5.74) is 9.74. The normalized spacial score (nSPS) is 16.4. The van der Waals surface area contributed by atoms with Gasteiger partial charge in [-0.2, -0.15) is 13.5 Å². The Morgan fingerprint density at radius 3 is 1.53 bits per heavy atom. The number of non-ortho nitro benzene ring substituents is 2. The lowest BCUT2D eigenvalue weighted by Crippen LogP contribution is -2.44. The maximum atomic E-state index is 12.3. The van der Waals surface area contributed by atoms with E-state index in [-0.39, 0.29) is 60.5 Å². The van der Waals surface area contributed by atoms with Gasteiger partial charge in [-0.15, -0.1) is 0 Å². The van der Waals surface area contributed by atoms with E-state index in [9.17, 15) is 28.6 Å². The van der Waals surface area contributed by atoms with Gasteiger partial charge in [0, 0.05) is 57.4 Å². The van der Waals surface area contributed by atoms with Gasteiger partial charge in [-0.3, -0.25) is 20.2 Å². The van der Waals surface area contributed by atoms with Crippen LogP contribution in [0.25, 0.3) is 27.4 Å². The zero-order valence-electron chi connectivity index (χ0n) is 54.8. The van der Waals surface area contributed by atoms with Crippen LogP contribution in [0.15, 0.2) is 118 Å². The standard InChI is InChI=1S/C30H40N4O3Si.C19H32N2O3SSi.C18H17BrN4O2/c1-19-15-24(17-25(16-19)34(35)36)20(2)31-29-27-18-23(11-14-28(27)32-21(3)33-29)22-9-12-26(13-10-22)37-38(7,8)30(4,5)6;1-15-7-13-18(14-8-15)25(22,23)21-20-16-9-11-17(12-10-16)24-26(5,6)19(2,3)4;1-10-6-13(8-15(7-10)23(24)25)11(2)20-18-16-9-14(19)4-5-17(16)21-12(3)22-18/h9,11,14-18,20,26H,10,12-13H2,1-8H3,(H,31,32,33);7-8,13-14,17,21H,9-12H2,1-6H3;4-9,11H,1-3H3,(H,20,21,22)/t20-,26?;;11-/m1.1/s1. The molecule has 0 aliphatic heterocycles. The highest BCUT2D eigenvalue weighted by Gasteiger charge is 2.41. The third kappa shape index (κ3) is 18.7. The van der Waals surface area contributed by atoms with Crippen molar-refractivity contribution in [1.29, 1.82) is 0 Å². The van der Waals surface area contributed by atoms with Crippen LogP contribution in [0.3, 0.4) is 0 Å². The number of hydrogen-bond acceptors (Lipinski definition) is 15. The first kappa shape index (κ1) is 69.6. The number of sulfonamides is 1. The molecule has 9 rings (SSSR count). The quantitative estimate of drug-likeness (QED) is 0.0463. The lowest BCUT2D eigenvalue weighted by atomic mass is 9.91. The van der Waals surface area contributed by atoms with Gasteiger partial charge in [0.1, 0.15) is 23.3 Å². The fourth-order valence-electron chi connectivity index (χ4n) is 10.2. The van der Waals surface area contributed by atoms with E-state index in [2.05, 4.69) is 143 Å². The second-order valence-electron chi connectivity index (χ2n) is 26.7. The van der Waals surface area contributed by atoms with Crippen LogP contribution in [0.2, 0.25) is 36.3 Å². The number of nitrogens with one attached hydrogen (secondary N) is 3. The Balaban J connectivity index is 0.000000196. The van der Waals surface area contributed by atoms with Crippen molar-refractivity contribution in [3.05, 3.63) is 173 Å². The van der Waals surface area contributed by atoms with Crippen LogP contribution in [0.4, 0.5) is 23.0 Å². The zero-order valence-corrected chi connectivity index (χ0v) is 59.2. The number of nitro groups is 2. The summed E-state index contributed by atoms with van der Waals surface area (Å²) in [7, 11) is -7.15. The van der Waals surface area contributed by atoms with E-state index in [4.69, 9.17) is 13.8 Å². The Labute approximate surface area is 536 Å². The molecule has 2 aromatic heterocycles. The number of fused-ring (bicyclic) bond motifs is 2. The summed E-state index contributed by atoms with van der Waals surface area (Å²) in [6, 6.07) is 28.9. The van der Waals surface area contributed by atoms with Gasteiger partial charge >= 0.3 is 0 Å². The van der Waals surface area contributed by atoms with Crippen LogP contribution in [-0.4, -0.2) is 72.8 Å². The van der Waals surface area contributed by atoms with Gasteiger partial charge < -0.3 is 19.5 Å². The van der Waals surface area contributed by atoms with E-state index in [1.807, 2.05) is 78.8 Å². The number of anilines is 2. The molecule has 0 bridgehead atoms. The summed E-state index contributed by atoms with van der Waals surface area (Å²) < 4.78 is 38.7. The third-order valence-corrected chi connectivity index (χ3v) is 28.1. The molecule has 1 unspecified atom stereocenters. The molecule has 0 saturated heterocycles. The molecule has 3 atom stereocenters. The fourth-order valence-corrected chi connectivity index (χ4v) is 14.2. The van der Waals surface area contributed by atoms with Gasteiger partial charge in [0.15, 0.2) is 16.6 Å². The summed E-state index contributed by atoms with van der Waals surface area (Å²) >= 11 is 3.47. The van der Waals surface area contributed by atoms with Crippen molar-refractivity contribution >= 4 is 98.7 Å². The van der Waals surface area contributed by atoms with Crippen LogP contribution < -0.4 is 15.5 Å². The highest BCUT2D eigenvalue weighted by atomic mass is 79.9. The first-order valence-corrected chi connectivity index (χ1v) is 38.5. The molecule has 0 radical (unpaired) electrons. The molecule has 5 aromatic carbocycles. The second kappa shape index (κ2) is 28.6. The summed E-state index contributed by atoms with van der Waals surface area (Å²) in [6.45, 7) is 36.1. The number of aryl methyl sites for hydroxylation is 5. The molecule has 22 heteroatoms. The Bertz CT molecular complexity index is 3900. The number of rotatable bonds is 16. The minimum Gasteiger partial charge on any atom is -0.414 e. The topological polar surface area (TPSA) is 239 Å². The van der Waals surface area contributed by atoms with Crippen LogP contribution >= 0.6 is 15.9 Å². The van der Waals surface area contributed by atoms with Crippen molar-refractivity contribution in [1.82, 2.24) is 24.8 Å². The molecule has 89 heavy (non-hydrogen) atoms. The van der Waals surface area contributed by atoms with Gasteiger partial charge in [0.2, 0.25) is 0 Å². The second-order valence-corrected chi connectivity index (χ2v) is 38.8. The van der Waals surface area contributed by atoms with Crippen molar-refractivity contribution in [2.75, 3.05) is 10.6 Å². The SMILES string of the molecule is Cc1cc([C@@H](C)Nc2nc(C)nc3ccc(Br)cc23)cc([N+](=O)[O-])c1.Cc1cc([C@@H](C)Nc2nc(C)nc3ccc(C4=CCC(O[Si](C)(C)C(C)(C)C)CC4)cc23)cc([N+](=O)[O-])c1.Cc1ccc(S(=O)(=O)NN=C2CCC(O[Si](C)(C)C(C)(C)C)CC2)cc1. The number of nitro benzene ring substituents is 2. The molecule has 2 aliphatic rings. The first-order chi connectivity index (χ1) is 41.5. The molecule has 18 nitrogen and oxygen atoms in total. The number of allylic oxidation sites excluding steroid dienone is 1. The first-order valence-electron chi connectivity index (χ1n) is 30.4. The predicted molar refractivity (Wildman–Crippen MR) is 369 cm³/mol. The van der Waals surface area contributed by atoms with E-state index < -0.39 is 26.7 Å². The maximum Gasteiger partial charge on any atom is 0.276 e.